The molecule has 1 unspecified atom stereocenters. The van der Waals surface area contributed by atoms with Gasteiger partial charge in [-0.15, -0.1) is 23.5 Å². The van der Waals surface area contributed by atoms with E-state index in [0.29, 0.717) is 6.04 Å². The van der Waals surface area contributed by atoms with Gasteiger partial charge >= 0.3 is 0 Å². The van der Waals surface area contributed by atoms with Crippen molar-refractivity contribution >= 4 is 39.5 Å². The molecule has 1 nitrogen and oxygen atoms in total. The highest BCUT2D eigenvalue weighted by molar-refractivity contribution is 9.10. The monoisotopic (exact) mass is 331 g/mol. The van der Waals surface area contributed by atoms with E-state index in [4.69, 9.17) is 0 Å². The third kappa shape index (κ3) is 3.22. The van der Waals surface area contributed by atoms with Crippen LogP contribution in [-0.2, 0) is 0 Å². The zero-order chi connectivity index (χ0) is 12.3. The van der Waals surface area contributed by atoms with Crippen molar-refractivity contribution in [2.75, 3.05) is 19.1 Å². The summed E-state index contributed by atoms with van der Waals surface area (Å²) in [5.41, 5.74) is 1.43. The van der Waals surface area contributed by atoms with Crippen molar-refractivity contribution < 1.29 is 0 Å². The summed E-state index contributed by atoms with van der Waals surface area (Å²) in [6, 6.07) is 5.18. The van der Waals surface area contributed by atoms with E-state index in [0.717, 1.165) is 6.54 Å². The first kappa shape index (κ1) is 13.8. The van der Waals surface area contributed by atoms with Crippen LogP contribution >= 0.6 is 39.5 Å². The molecule has 1 saturated heterocycles. The Morgan fingerprint density at radius 1 is 1.24 bits per heavy atom. The molecule has 1 aliphatic rings. The number of rotatable bonds is 3. The van der Waals surface area contributed by atoms with Gasteiger partial charge in [0, 0.05) is 20.3 Å². The first-order chi connectivity index (χ1) is 8.26. The van der Waals surface area contributed by atoms with E-state index >= 15 is 0 Å². The molecule has 0 bridgehead atoms. The van der Waals surface area contributed by atoms with Gasteiger partial charge in [-0.05, 0) is 65.5 Å². The second kappa shape index (κ2) is 6.50. The summed E-state index contributed by atoms with van der Waals surface area (Å²) >= 11 is 7.35. The van der Waals surface area contributed by atoms with Gasteiger partial charge < -0.3 is 5.32 Å². The topological polar surface area (TPSA) is 12.0 Å². The largest absolute Gasteiger partial charge is 0.310 e. The number of hydrogen-bond donors (Lipinski definition) is 1. The smallest absolute Gasteiger partial charge is 0.0348 e. The zero-order valence-corrected chi connectivity index (χ0v) is 13.5. The summed E-state index contributed by atoms with van der Waals surface area (Å²) in [4.78, 5) is 2.74. The molecular weight excluding hydrogens is 314 g/mol. The zero-order valence-electron chi connectivity index (χ0n) is 10.3. The van der Waals surface area contributed by atoms with Crippen LogP contribution in [0.1, 0.15) is 30.9 Å². The van der Waals surface area contributed by atoms with Gasteiger partial charge in [-0.1, -0.05) is 6.42 Å². The van der Waals surface area contributed by atoms with Crippen molar-refractivity contribution in [3.05, 3.63) is 22.2 Å². The minimum absolute atomic E-state index is 0.543. The van der Waals surface area contributed by atoms with Crippen molar-refractivity contribution in [1.82, 2.24) is 5.32 Å². The Labute approximate surface area is 121 Å². The number of halogens is 1. The summed E-state index contributed by atoms with van der Waals surface area (Å²) in [5.74, 6) is 0. The lowest BCUT2D eigenvalue weighted by Gasteiger charge is -2.25. The maximum absolute atomic E-state index is 3.70. The van der Waals surface area contributed by atoms with E-state index in [1.54, 1.807) is 0 Å². The number of benzene rings is 1. The van der Waals surface area contributed by atoms with Gasteiger partial charge in [0.25, 0.3) is 0 Å². The van der Waals surface area contributed by atoms with E-state index in [2.05, 4.69) is 45.9 Å². The van der Waals surface area contributed by atoms with Crippen LogP contribution in [0.25, 0.3) is 0 Å². The van der Waals surface area contributed by atoms with E-state index in [1.807, 2.05) is 23.5 Å². The second-order valence-corrected chi connectivity index (χ2v) is 6.76. The molecule has 0 amide bonds. The summed E-state index contributed by atoms with van der Waals surface area (Å²) < 4.78 is 1.24. The fourth-order valence-electron chi connectivity index (χ4n) is 2.28. The summed E-state index contributed by atoms with van der Waals surface area (Å²) in [6.07, 6.45) is 8.21. The molecule has 94 valence electrons. The van der Waals surface area contributed by atoms with Gasteiger partial charge in [0.1, 0.15) is 0 Å². The SMILES string of the molecule is CSc1cc(C2CCCCN2)cc(Br)c1SC. The molecule has 0 aromatic heterocycles. The first-order valence-electron chi connectivity index (χ1n) is 5.91. The highest BCUT2D eigenvalue weighted by atomic mass is 79.9. The molecule has 1 heterocycles. The fourth-order valence-corrected chi connectivity index (χ4v) is 4.93. The van der Waals surface area contributed by atoms with Gasteiger partial charge in [-0.2, -0.15) is 0 Å². The van der Waals surface area contributed by atoms with Crippen molar-refractivity contribution in [3.63, 3.8) is 0 Å². The van der Waals surface area contributed by atoms with Crippen molar-refractivity contribution in [2.45, 2.75) is 35.1 Å². The minimum Gasteiger partial charge on any atom is -0.310 e. The third-order valence-corrected chi connectivity index (χ3v) is 5.80. The molecule has 1 aromatic carbocycles. The van der Waals surface area contributed by atoms with Crippen LogP contribution in [0.3, 0.4) is 0 Å². The Kier molecular flexibility index (Phi) is 5.27. The fraction of sp³-hybridized carbons (Fsp3) is 0.538. The van der Waals surface area contributed by atoms with E-state index in [1.165, 1.54) is 39.1 Å². The molecule has 0 radical (unpaired) electrons. The highest BCUT2D eigenvalue weighted by Crippen LogP contribution is 2.38. The Morgan fingerprint density at radius 2 is 2.06 bits per heavy atom. The maximum Gasteiger partial charge on any atom is 0.0348 e. The molecular formula is C13H18BrNS2. The van der Waals surface area contributed by atoms with Gasteiger partial charge in [0.05, 0.1) is 0 Å². The quantitative estimate of drug-likeness (QED) is 0.805. The van der Waals surface area contributed by atoms with Crippen LogP contribution in [0, 0.1) is 0 Å². The highest BCUT2D eigenvalue weighted by Gasteiger charge is 2.17. The Morgan fingerprint density at radius 3 is 2.65 bits per heavy atom. The number of nitrogens with one attached hydrogen (secondary N) is 1. The van der Waals surface area contributed by atoms with Gasteiger partial charge in [-0.3, -0.25) is 0 Å². The Balaban J connectivity index is 2.31. The molecule has 1 N–H and O–H groups in total. The third-order valence-electron chi connectivity index (χ3n) is 3.17. The maximum atomic E-state index is 3.70. The first-order valence-corrected chi connectivity index (χ1v) is 9.15. The number of hydrogen-bond acceptors (Lipinski definition) is 3. The normalized spacial score (nSPS) is 20.5. The summed E-state index contributed by atoms with van der Waals surface area (Å²) in [7, 11) is 0. The number of piperidine rings is 1. The second-order valence-electron chi connectivity index (χ2n) is 4.24. The standard InChI is InChI=1S/C13H18BrNS2/c1-16-12-8-9(7-10(14)13(12)17-2)11-5-3-4-6-15-11/h7-8,11,15H,3-6H2,1-2H3. The van der Waals surface area contributed by atoms with Crippen molar-refractivity contribution in [2.24, 2.45) is 0 Å². The van der Waals surface area contributed by atoms with Crippen LogP contribution < -0.4 is 5.32 Å². The molecule has 1 aromatic rings. The van der Waals surface area contributed by atoms with Gasteiger partial charge in [0.15, 0.2) is 0 Å². The summed E-state index contributed by atoms with van der Waals surface area (Å²) in [5, 5.41) is 3.61. The molecule has 4 heteroatoms. The lowest BCUT2D eigenvalue weighted by Crippen LogP contribution is -2.26. The lowest BCUT2D eigenvalue weighted by molar-refractivity contribution is 0.411. The van der Waals surface area contributed by atoms with Crippen LogP contribution in [0.4, 0.5) is 0 Å². The van der Waals surface area contributed by atoms with E-state index in [-0.39, 0.29) is 0 Å². The van der Waals surface area contributed by atoms with E-state index in [9.17, 15) is 0 Å². The molecule has 2 rings (SSSR count). The number of thioether (sulfide) groups is 2. The van der Waals surface area contributed by atoms with Crippen LogP contribution in [-0.4, -0.2) is 19.1 Å². The molecule has 1 atom stereocenters. The molecule has 1 aliphatic heterocycles. The molecule has 1 fully saturated rings. The van der Waals surface area contributed by atoms with Gasteiger partial charge in [0.2, 0.25) is 0 Å². The molecule has 17 heavy (non-hydrogen) atoms. The van der Waals surface area contributed by atoms with Gasteiger partial charge in [-0.25, -0.2) is 0 Å². The average molecular weight is 332 g/mol. The predicted molar refractivity (Wildman–Crippen MR) is 82.3 cm³/mol. The van der Waals surface area contributed by atoms with Crippen LogP contribution in [0.5, 0.6) is 0 Å². The van der Waals surface area contributed by atoms with Crippen LogP contribution in [0.15, 0.2) is 26.4 Å². The average Bonchev–Trinajstić information content (AvgIpc) is 2.38. The van der Waals surface area contributed by atoms with Crippen molar-refractivity contribution in [3.8, 4) is 0 Å². The Hall–Kier alpha value is 0.360. The molecule has 0 spiro atoms. The lowest BCUT2D eigenvalue weighted by atomic mass is 9.98. The van der Waals surface area contributed by atoms with E-state index < -0.39 is 0 Å². The predicted octanol–water partition coefficient (Wildman–Crippen LogP) is 4.71. The summed E-state index contributed by atoms with van der Waals surface area (Å²) in [6.45, 7) is 1.15. The Bertz CT molecular complexity index is 389. The minimum atomic E-state index is 0.543. The van der Waals surface area contributed by atoms with Crippen molar-refractivity contribution in [1.29, 1.82) is 0 Å². The molecule has 0 aliphatic carbocycles. The van der Waals surface area contributed by atoms with Crippen LogP contribution in [0.2, 0.25) is 0 Å². The molecule has 0 saturated carbocycles.